The molecular weight excluding hydrogens is 214 g/mol. The van der Waals surface area contributed by atoms with E-state index >= 15 is 0 Å². The van der Waals surface area contributed by atoms with Crippen molar-refractivity contribution in [3.05, 3.63) is 35.9 Å². The Bertz CT molecular complexity index is 713. The van der Waals surface area contributed by atoms with E-state index in [1.807, 2.05) is 25.1 Å². The Morgan fingerprint density at radius 3 is 2.71 bits per heavy atom. The maximum atomic E-state index is 9.92. The second-order valence-electron chi connectivity index (χ2n) is 4.24. The monoisotopic (exact) mass is 227 g/mol. The molecule has 0 bridgehead atoms. The van der Waals surface area contributed by atoms with Crippen molar-refractivity contribution in [2.24, 2.45) is 0 Å². The lowest BCUT2D eigenvalue weighted by molar-refractivity contribution is 0.415. The summed E-state index contributed by atoms with van der Waals surface area (Å²) in [4.78, 5) is 3.22. The molecule has 0 fully saturated rings. The molecule has 0 amide bonds. The van der Waals surface area contributed by atoms with E-state index in [2.05, 4.69) is 11.1 Å². The quantitative estimate of drug-likeness (QED) is 0.669. The number of aryl methyl sites for hydroxylation is 1. The van der Waals surface area contributed by atoms with E-state index in [4.69, 9.17) is 4.74 Å². The summed E-state index contributed by atoms with van der Waals surface area (Å²) in [6.45, 7) is 1.97. The molecule has 17 heavy (non-hydrogen) atoms. The van der Waals surface area contributed by atoms with Crippen LogP contribution in [0, 0.1) is 6.92 Å². The Morgan fingerprint density at radius 2 is 1.94 bits per heavy atom. The van der Waals surface area contributed by atoms with E-state index < -0.39 is 0 Å². The van der Waals surface area contributed by atoms with Crippen LogP contribution in [0.5, 0.6) is 11.5 Å². The predicted molar refractivity (Wildman–Crippen MR) is 68.8 cm³/mol. The van der Waals surface area contributed by atoms with E-state index in [-0.39, 0.29) is 5.75 Å². The molecule has 0 radical (unpaired) electrons. The van der Waals surface area contributed by atoms with Gasteiger partial charge in [-0.15, -0.1) is 0 Å². The SMILES string of the molecule is COc1ccc2c(c1)[nH]c1c(O)cc(C)cc12. The van der Waals surface area contributed by atoms with Crippen molar-refractivity contribution >= 4 is 21.8 Å². The maximum absolute atomic E-state index is 9.92. The number of hydrogen-bond acceptors (Lipinski definition) is 2. The summed E-state index contributed by atoms with van der Waals surface area (Å²) in [6.07, 6.45) is 0. The van der Waals surface area contributed by atoms with Crippen LogP contribution in [0.15, 0.2) is 30.3 Å². The lowest BCUT2D eigenvalue weighted by Gasteiger charge is -1.99. The molecule has 0 atom stereocenters. The number of fused-ring (bicyclic) bond motifs is 3. The minimum Gasteiger partial charge on any atom is -0.506 e. The van der Waals surface area contributed by atoms with Crippen LogP contribution >= 0.6 is 0 Å². The summed E-state index contributed by atoms with van der Waals surface area (Å²) in [5.74, 6) is 1.09. The zero-order valence-electron chi connectivity index (χ0n) is 9.74. The number of methoxy groups -OCH3 is 1. The highest BCUT2D eigenvalue weighted by atomic mass is 16.5. The first-order valence-corrected chi connectivity index (χ1v) is 5.48. The topological polar surface area (TPSA) is 45.2 Å². The Balaban J connectivity index is 2.45. The van der Waals surface area contributed by atoms with Gasteiger partial charge in [0.1, 0.15) is 11.5 Å². The van der Waals surface area contributed by atoms with Crippen LogP contribution in [-0.2, 0) is 0 Å². The van der Waals surface area contributed by atoms with Crippen LogP contribution in [0.1, 0.15) is 5.56 Å². The first kappa shape index (κ1) is 10.0. The van der Waals surface area contributed by atoms with E-state index in [1.54, 1.807) is 13.2 Å². The number of H-pyrrole nitrogens is 1. The average Bonchev–Trinajstić information content (AvgIpc) is 2.67. The highest BCUT2D eigenvalue weighted by Gasteiger charge is 2.09. The van der Waals surface area contributed by atoms with Crippen molar-refractivity contribution in [1.29, 1.82) is 0 Å². The molecule has 0 saturated heterocycles. The molecule has 3 rings (SSSR count). The Hall–Kier alpha value is -2.16. The Morgan fingerprint density at radius 1 is 1.12 bits per heavy atom. The third-order valence-electron chi connectivity index (χ3n) is 3.04. The lowest BCUT2D eigenvalue weighted by Crippen LogP contribution is -1.80. The minimum absolute atomic E-state index is 0.287. The van der Waals surface area contributed by atoms with Gasteiger partial charge in [-0.05, 0) is 36.8 Å². The van der Waals surface area contributed by atoms with Gasteiger partial charge in [-0.1, -0.05) is 0 Å². The van der Waals surface area contributed by atoms with E-state index in [1.165, 1.54) is 0 Å². The molecular formula is C14H13NO2. The highest BCUT2D eigenvalue weighted by Crippen LogP contribution is 2.33. The van der Waals surface area contributed by atoms with Gasteiger partial charge in [-0.25, -0.2) is 0 Å². The van der Waals surface area contributed by atoms with Gasteiger partial charge < -0.3 is 14.8 Å². The number of ether oxygens (including phenoxy) is 1. The minimum atomic E-state index is 0.287. The summed E-state index contributed by atoms with van der Waals surface area (Å²) in [6, 6.07) is 9.69. The van der Waals surface area contributed by atoms with Crippen LogP contribution in [0.25, 0.3) is 21.8 Å². The maximum Gasteiger partial charge on any atom is 0.139 e. The number of aromatic amines is 1. The first-order valence-electron chi connectivity index (χ1n) is 5.48. The molecule has 0 spiro atoms. The lowest BCUT2D eigenvalue weighted by atomic mass is 10.1. The number of hydrogen-bond donors (Lipinski definition) is 2. The molecule has 0 saturated carbocycles. The molecule has 3 aromatic rings. The molecule has 3 heteroatoms. The summed E-state index contributed by atoms with van der Waals surface area (Å²) < 4.78 is 5.19. The van der Waals surface area contributed by atoms with Crippen molar-refractivity contribution in [2.45, 2.75) is 6.92 Å². The molecule has 1 aromatic heterocycles. The number of phenols is 1. The van der Waals surface area contributed by atoms with Gasteiger partial charge in [0.05, 0.1) is 18.1 Å². The van der Waals surface area contributed by atoms with Gasteiger partial charge in [0.2, 0.25) is 0 Å². The molecule has 2 N–H and O–H groups in total. The van der Waals surface area contributed by atoms with Crippen molar-refractivity contribution in [2.75, 3.05) is 7.11 Å². The van der Waals surface area contributed by atoms with Gasteiger partial charge in [-0.2, -0.15) is 0 Å². The smallest absolute Gasteiger partial charge is 0.139 e. The molecule has 0 aliphatic carbocycles. The van der Waals surface area contributed by atoms with Crippen LogP contribution in [0.4, 0.5) is 0 Å². The molecule has 0 aliphatic rings. The Labute approximate surface area is 98.6 Å². The van der Waals surface area contributed by atoms with Crippen molar-refractivity contribution in [1.82, 2.24) is 4.98 Å². The molecule has 86 valence electrons. The Kier molecular flexibility index (Phi) is 2.01. The van der Waals surface area contributed by atoms with E-state index in [0.717, 1.165) is 33.1 Å². The third-order valence-corrected chi connectivity index (χ3v) is 3.04. The number of rotatable bonds is 1. The second kappa shape index (κ2) is 3.42. The van der Waals surface area contributed by atoms with Crippen LogP contribution < -0.4 is 4.74 Å². The van der Waals surface area contributed by atoms with Crippen molar-refractivity contribution in [3.8, 4) is 11.5 Å². The number of benzene rings is 2. The number of phenolic OH excluding ortho intramolecular Hbond substituents is 1. The summed E-state index contributed by atoms with van der Waals surface area (Å²) in [5, 5.41) is 12.1. The van der Waals surface area contributed by atoms with Crippen LogP contribution in [0.2, 0.25) is 0 Å². The van der Waals surface area contributed by atoms with Gasteiger partial charge >= 0.3 is 0 Å². The fourth-order valence-electron chi connectivity index (χ4n) is 2.23. The fourth-order valence-corrected chi connectivity index (χ4v) is 2.23. The summed E-state index contributed by atoms with van der Waals surface area (Å²) >= 11 is 0. The van der Waals surface area contributed by atoms with E-state index in [9.17, 15) is 5.11 Å². The fraction of sp³-hybridized carbons (Fsp3) is 0.143. The molecule has 0 unspecified atom stereocenters. The van der Waals surface area contributed by atoms with Gasteiger partial charge in [-0.3, -0.25) is 0 Å². The largest absolute Gasteiger partial charge is 0.506 e. The predicted octanol–water partition coefficient (Wildman–Crippen LogP) is 3.34. The number of aromatic nitrogens is 1. The molecule has 2 aromatic carbocycles. The van der Waals surface area contributed by atoms with Crippen molar-refractivity contribution in [3.63, 3.8) is 0 Å². The first-order chi connectivity index (χ1) is 8.19. The van der Waals surface area contributed by atoms with Crippen LogP contribution in [-0.4, -0.2) is 17.2 Å². The second-order valence-corrected chi connectivity index (χ2v) is 4.24. The zero-order chi connectivity index (χ0) is 12.0. The summed E-state index contributed by atoms with van der Waals surface area (Å²) in [7, 11) is 1.64. The molecule has 3 nitrogen and oxygen atoms in total. The standard InChI is InChI=1S/C14H13NO2/c1-8-5-11-10-4-3-9(17-2)7-12(10)15-14(11)13(16)6-8/h3-7,15-16H,1-2H3. The molecule has 0 aliphatic heterocycles. The van der Waals surface area contributed by atoms with E-state index in [0.29, 0.717) is 0 Å². The third kappa shape index (κ3) is 1.43. The number of aromatic hydroxyl groups is 1. The van der Waals surface area contributed by atoms with Crippen molar-refractivity contribution < 1.29 is 9.84 Å². The average molecular weight is 227 g/mol. The van der Waals surface area contributed by atoms with Crippen LogP contribution in [0.3, 0.4) is 0 Å². The summed E-state index contributed by atoms with van der Waals surface area (Å²) in [5.41, 5.74) is 2.80. The normalized spacial score (nSPS) is 11.2. The highest BCUT2D eigenvalue weighted by molar-refractivity contribution is 6.09. The number of nitrogens with one attached hydrogen (secondary N) is 1. The van der Waals surface area contributed by atoms with Gasteiger partial charge in [0, 0.05) is 16.8 Å². The zero-order valence-corrected chi connectivity index (χ0v) is 9.74. The molecule has 1 heterocycles. The van der Waals surface area contributed by atoms with Gasteiger partial charge in [0.25, 0.3) is 0 Å². The van der Waals surface area contributed by atoms with Gasteiger partial charge in [0.15, 0.2) is 0 Å².